The predicted octanol–water partition coefficient (Wildman–Crippen LogP) is 2.41. The minimum atomic E-state index is -0.0113. The van der Waals surface area contributed by atoms with Gasteiger partial charge in [-0.1, -0.05) is 41.9 Å². The van der Waals surface area contributed by atoms with Gasteiger partial charge >= 0.3 is 0 Å². The minimum Gasteiger partial charge on any atom is -0.351 e. The van der Waals surface area contributed by atoms with E-state index in [-0.39, 0.29) is 11.8 Å². The lowest BCUT2D eigenvalue weighted by molar-refractivity contribution is -0.122. The Morgan fingerprint density at radius 1 is 0.923 bits per heavy atom. The number of benzene rings is 2. The number of amides is 2. The summed E-state index contributed by atoms with van der Waals surface area (Å²) in [5, 5.41) is 3.60. The number of hydrogen-bond donors (Lipinski definition) is 1. The molecule has 2 aromatic carbocycles. The fraction of sp³-hybridized carbons (Fsp3) is 0.300. The third kappa shape index (κ3) is 5.07. The molecule has 26 heavy (non-hydrogen) atoms. The van der Waals surface area contributed by atoms with Crippen molar-refractivity contribution in [2.75, 3.05) is 32.7 Å². The lowest BCUT2D eigenvalue weighted by atomic mass is 10.2. The van der Waals surface area contributed by atoms with E-state index in [1.807, 2.05) is 59.5 Å². The highest BCUT2D eigenvalue weighted by Crippen LogP contribution is 2.10. The molecular weight excluding hydrogens is 350 g/mol. The third-order valence-corrected chi connectivity index (χ3v) is 4.70. The fourth-order valence-corrected chi connectivity index (χ4v) is 3.06. The van der Waals surface area contributed by atoms with Crippen LogP contribution in [0.3, 0.4) is 0 Å². The molecule has 0 spiro atoms. The molecule has 0 atom stereocenters. The molecule has 136 valence electrons. The van der Waals surface area contributed by atoms with E-state index in [1.54, 1.807) is 0 Å². The van der Waals surface area contributed by atoms with Crippen molar-refractivity contribution in [3.63, 3.8) is 0 Å². The Labute approximate surface area is 158 Å². The zero-order chi connectivity index (χ0) is 18.4. The van der Waals surface area contributed by atoms with Gasteiger partial charge in [-0.15, -0.1) is 0 Å². The van der Waals surface area contributed by atoms with Gasteiger partial charge in [-0.2, -0.15) is 0 Å². The zero-order valence-electron chi connectivity index (χ0n) is 14.5. The molecule has 0 aliphatic carbocycles. The normalized spacial score (nSPS) is 14.9. The van der Waals surface area contributed by atoms with Crippen LogP contribution in [0.4, 0.5) is 0 Å². The van der Waals surface area contributed by atoms with Crippen molar-refractivity contribution >= 4 is 23.4 Å². The summed E-state index contributed by atoms with van der Waals surface area (Å²) < 4.78 is 0. The monoisotopic (exact) mass is 371 g/mol. The SMILES string of the molecule is O=C(CN1CCN(C(=O)c2ccccc2)CC1)NCc1ccc(Cl)cc1. The second kappa shape index (κ2) is 8.83. The quantitative estimate of drug-likeness (QED) is 0.878. The topological polar surface area (TPSA) is 52.7 Å². The number of carbonyl (C=O) groups is 2. The molecule has 1 heterocycles. The Balaban J connectivity index is 1.41. The molecule has 1 saturated heterocycles. The van der Waals surface area contributed by atoms with Crippen LogP contribution in [0.5, 0.6) is 0 Å². The first-order valence-electron chi connectivity index (χ1n) is 8.69. The van der Waals surface area contributed by atoms with Crippen LogP contribution in [0, 0.1) is 0 Å². The average Bonchev–Trinajstić information content (AvgIpc) is 2.68. The second-order valence-electron chi connectivity index (χ2n) is 6.34. The van der Waals surface area contributed by atoms with Crippen LogP contribution in [0.2, 0.25) is 5.02 Å². The molecule has 1 N–H and O–H groups in total. The average molecular weight is 372 g/mol. The standard InChI is InChI=1S/C20H22ClN3O2/c21-18-8-6-16(7-9-18)14-22-19(25)15-23-10-12-24(13-11-23)20(26)17-4-2-1-3-5-17/h1-9H,10-15H2,(H,22,25). The summed E-state index contributed by atoms with van der Waals surface area (Å²) in [4.78, 5) is 28.5. The van der Waals surface area contributed by atoms with Crippen LogP contribution in [-0.4, -0.2) is 54.3 Å². The fourth-order valence-electron chi connectivity index (χ4n) is 2.93. The minimum absolute atomic E-state index is 0.0113. The van der Waals surface area contributed by atoms with E-state index in [0.717, 1.165) is 5.56 Å². The van der Waals surface area contributed by atoms with Crippen LogP contribution in [0.1, 0.15) is 15.9 Å². The molecule has 2 aromatic rings. The van der Waals surface area contributed by atoms with Gasteiger partial charge < -0.3 is 10.2 Å². The van der Waals surface area contributed by atoms with Crippen molar-refractivity contribution in [3.8, 4) is 0 Å². The van der Waals surface area contributed by atoms with Gasteiger partial charge in [-0.25, -0.2) is 0 Å². The molecule has 6 heteroatoms. The lowest BCUT2D eigenvalue weighted by Gasteiger charge is -2.34. The maximum absolute atomic E-state index is 12.4. The van der Waals surface area contributed by atoms with Crippen molar-refractivity contribution in [3.05, 3.63) is 70.7 Å². The Bertz CT molecular complexity index is 741. The molecule has 1 fully saturated rings. The molecule has 1 aliphatic heterocycles. The lowest BCUT2D eigenvalue weighted by Crippen LogP contribution is -2.51. The molecule has 0 radical (unpaired) electrons. The highest BCUT2D eigenvalue weighted by atomic mass is 35.5. The third-order valence-electron chi connectivity index (χ3n) is 4.45. The molecular formula is C20H22ClN3O2. The molecule has 2 amide bonds. The number of rotatable bonds is 5. The van der Waals surface area contributed by atoms with E-state index in [9.17, 15) is 9.59 Å². The summed E-state index contributed by atoms with van der Waals surface area (Å²) >= 11 is 5.85. The Hall–Kier alpha value is -2.37. The molecule has 0 aromatic heterocycles. The maximum Gasteiger partial charge on any atom is 0.253 e. The number of nitrogens with one attached hydrogen (secondary N) is 1. The largest absolute Gasteiger partial charge is 0.351 e. The van der Waals surface area contributed by atoms with E-state index in [1.165, 1.54) is 0 Å². The van der Waals surface area contributed by atoms with Crippen molar-refractivity contribution in [1.29, 1.82) is 0 Å². The van der Waals surface area contributed by atoms with Crippen LogP contribution in [0.15, 0.2) is 54.6 Å². The smallest absolute Gasteiger partial charge is 0.253 e. The van der Waals surface area contributed by atoms with Crippen molar-refractivity contribution in [2.45, 2.75) is 6.54 Å². The number of nitrogens with zero attached hydrogens (tertiary/aromatic N) is 2. The van der Waals surface area contributed by atoms with E-state index >= 15 is 0 Å². The molecule has 0 unspecified atom stereocenters. The summed E-state index contributed by atoms with van der Waals surface area (Å²) in [6.45, 7) is 3.51. The Morgan fingerprint density at radius 3 is 2.23 bits per heavy atom. The molecule has 0 bridgehead atoms. The maximum atomic E-state index is 12.4. The molecule has 0 saturated carbocycles. The number of carbonyl (C=O) groups excluding carboxylic acids is 2. The van der Waals surface area contributed by atoms with E-state index in [2.05, 4.69) is 10.2 Å². The van der Waals surface area contributed by atoms with Gasteiger partial charge in [0.05, 0.1) is 6.54 Å². The van der Waals surface area contributed by atoms with Crippen molar-refractivity contribution < 1.29 is 9.59 Å². The van der Waals surface area contributed by atoms with Gasteiger partial charge in [-0.05, 0) is 29.8 Å². The predicted molar refractivity (Wildman–Crippen MR) is 102 cm³/mol. The van der Waals surface area contributed by atoms with Crippen LogP contribution < -0.4 is 5.32 Å². The van der Waals surface area contributed by atoms with Crippen LogP contribution in [-0.2, 0) is 11.3 Å². The van der Waals surface area contributed by atoms with Crippen molar-refractivity contribution in [2.24, 2.45) is 0 Å². The van der Waals surface area contributed by atoms with Crippen LogP contribution in [0.25, 0.3) is 0 Å². The summed E-state index contributed by atoms with van der Waals surface area (Å²) in [6.07, 6.45) is 0. The first-order chi connectivity index (χ1) is 12.6. The van der Waals surface area contributed by atoms with Crippen molar-refractivity contribution in [1.82, 2.24) is 15.1 Å². The summed E-state index contributed by atoms with van der Waals surface area (Å²) in [5.74, 6) is 0.0419. The number of piperazine rings is 1. The highest BCUT2D eigenvalue weighted by molar-refractivity contribution is 6.30. The highest BCUT2D eigenvalue weighted by Gasteiger charge is 2.23. The van der Waals surface area contributed by atoms with E-state index < -0.39 is 0 Å². The van der Waals surface area contributed by atoms with Gasteiger partial charge in [0.1, 0.15) is 0 Å². The van der Waals surface area contributed by atoms with Gasteiger partial charge in [0.2, 0.25) is 5.91 Å². The van der Waals surface area contributed by atoms with Gasteiger partial charge in [0, 0.05) is 43.3 Å². The van der Waals surface area contributed by atoms with Crippen LogP contribution >= 0.6 is 11.6 Å². The number of hydrogen-bond acceptors (Lipinski definition) is 3. The molecule has 3 rings (SSSR count). The first kappa shape index (κ1) is 18.4. The van der Waals surface area contributed by atoms with E-state index in [4.69, 9.17) is 11.6 Å². The Kier molecular flexibility index (Phi) is 6.26. The summed E-state index contributed by atoms with van der Waals surface area (Å²) in [5.41, 5.74) is 1.72. The van der Waals surface area contributed by atoms with Gasteiger partial charge in [0.15, 0.2) is 0 Å². The Morgan fingerprint density at radius 2 is 1.58 bits per heavy atom. The number of halogens is 1. The summed E-state index contributed by atoms with van der Waals surface area (Å²) in [7, 11) is 0. The summed E-state index contributed by atoms with van der Waals surface area (Å²) in [6, 6.07) is 16.7. The van der Waals surface area contributed by atoms with Gasteiger partial charge in [0.25, 0.3) is 5.91 Å². The molecule has 1 aliphatic rings. The van der Waals surface area contributed by atoms with Gasteiger partial charge in [-0.3, -0.25) is 14.5 Å². The second-order valence-corrected chi connectivity index (χ2v) is 6.77. The first-order valence-corrected chi connectivity index (χ1v) is 9.07. The molecule has 5 nitrogen and oxygen atoms in total. The van der Waals surface area contributed by atoms with E-state index in [0.29, 0.717) is 49.9 Å². The zero-order valence-corrected chi connectivity index (χ0v) is 15.3.